The van der Waals surface area contributed by atoms with Crippen LogP contribution in [0.2, 0.25) is 0 Å². The van der Waals surface area contributed by atoms with E-state index < -0.39 is 5.25 Å². The van der Waals surface area contributed by atoms with Gasteiger partial charge in [-0.25, -0.2) is 0 Å². The second kappa shape index (κ2) is 11.7. The van der Waals surface area contributed by atoms with Crippen molar-refractivity contribution in [2.45, 2.75) is 10.1 Å². The molecule has 2 amide bonds. The number of hydrogen-bond donors (Lipinski definition) is 2. The summed E-state index contributed by atoms with van der Waals surface area (Å²) in [4.78, 5) is 26.4. The number of rotatable bonds is 8. The first-order valence-corrected chi connectivity index (χ1v) is 11.8. The quantitative estimate of drug-likeness (QED) is 0.222. The van der Waals surface area contributed by atoms with Gasteiger partial charge in [-0.15, -0.1) is 11.8 Å². The molecule has 0 heterocycles. The normalized spacial score (nSPS) is 11.6. The minimum Gasteiger partial charge on any atom is -0.325 e. The van der Waals surface area contributed by atoms with Crippen LogP contribution in [0.5, 0.6) is 0 Å². The number of nitrogens with one attached hydrogen (secondary N) is 2. The fourth-order valence-electron chi connectivity index (χ4n) is 3.33. The van der Waals surface area contributed by atoms with Gasteiger partial charge in [0.05, 0.1) is 0 Å². The standard InChI is InChI=1S/C29H24N2O2S/c32-27(20-19-22-11-4-1-5-12-22)30-25-17-10-18-26(21-25)34-28(23-13-6-2-7-14-23)29(33)31-24-15-8-3-9-16-24/h1-21,28H,(H,30,32)(H,31,33)/b20-19+. The van der Waals surface area contributed by atoms with Gasteiger partial charge in [-0.2, -0.15) is 0 Å². The molecule has 0 aliphatic rings. The van der Waals surface area contributed by atoms with Crippen LogP contribution in [0.3, 0.4) is 0 Å². The average Bonchev–Trinajstić information content (AvgIpc) is 2.88. The Morgan fingerprint density at radius 2 is 1.29 bits per heavy atom. The van der Waals surface area contributed by atoms with E-state index in [1.165, 1.54) is 17.8 Å². The van der Waals surface area contributed by atoms with Crippen molar-refractivity contribution in [2.24, 2.45) is 0 Å². The molecule has 0 aliphatic carbocycles. The van der Waals surface area contributed by atoms with Crippen molar-refractivity contribution >= 4 is 41.0 Å². The van der Waals surface area contributed by atoms with Crippen LogP contribution in [0.4, 0.5) is 11.4 Å². The van der Waals surface area contributed by atoms with Gasteiger partial charge in [-0.05, 0) is 47.5 Å². The van der Waals surface area contributed by atoms with Gasteiger partial charge < -0.3 is 10.6 Å². The molecule has 4 aromatic carbocycles. The topological polar surface area (TPSA) is 58.2 Å². The summed E-state index contributed by atoms with van der Waals surface area (Å²) in [5, 5.41) is 5.44. The van der Waals surface area contributed by atoms with Gasteiger partial charge in [0.15, 0.2) is 0 Å². The van der Waals surface area contributed by atoms with E-state index in [9.17, 15) is 9.59 Å². The van der Waals surface area contributed by atoms with Crippen LogP contribution in [0.25, 0.3) is 6.08 Å². The predicted octanol–water partition coefficient (Wildman–Crippen LogP) is 6.81. The highest BCUT2D eigenvalue weighted by Gasteiger charge is 2.22. The second-order valence-electron chi connectivity index (χ2n) is 7.52. The van der Waals surface area contributed by atoms with E-state index in [4.69, 9.17) is 0 Å². The third-order valence-corrected chi connectivity index (χ3v) is 6.21. The van der Waals surface area contributed by atoms with Gasteiger partial charge in [-0.1, -0.05) is 84.9 Å². The molecule has 2 N–H and O–H groups in total. The predicted molar refractivity (Wildman–Crippen MR) is 141 cm³/mol. The Kier molecular flexibility index (Phi) is 7.93. The first kappa shape index (κ1) is 23.1. The molecule has 0 aromatic heterocycles. The van der Waals surface area contributed by atoms with Crippen molar-refractivity contribution in [1.82, 2.24) is 0 Å². The highest BCUT2D eigenvalue weighted by atomic mass is 32.2. The third kappa shape index (κ3) is 6.70. The molecule has 0 radical (unpaired) electrons. The van der Waals surface area contributed by atoms with Crippen molar-refractivity contribution in [1.29, 1.82) is 0 Å². The van der Waals surface area contributed by atoms with Crippen LogP contribution in [-0.2, 0) is 9.59 Å². The molecule has 0 fully saturated rings. The smallest absolute Gasteiger partial charge is 0.248 e. The molecule has 1 atom stereocenters. The van der Waals surface area contributed by atoms with Crippen LogP contribution in [0.1, 0.15) is 16.4 Å². The van der Waals surface area contributed by atoms with E-state index in [0.717, 1.165) is 21.7 Å². The van der Waals surface area contributed by atoms with Crippen molar-refractivity contribution in [3.8, 4) is 0 Å². The Balaban J connectivity index is 1.48. The molecule has 0 spiro atoms. The van der Waals surface area contributed by atoms with Gasteiger partial charge in [-0.3, -0.25) is 9.59 Å². The number of carbonyl (C=O) groups is 2. The minimum absolute atomic E-state index is 0.109. The second-order valence-corrected chi connectivity index (χ2v) is 8.70. The summed E-state index contributed by atoms with van der Waals surface area (Å²) >= 11 is 1.44. The molecule has 5 heteroatoms. The maximum atomic E-state index is 13.2. The zero-order valence-electron chi connectivity index (χ0n) is 18.4. The van der Waals surface area contributed by atoms with E-state index in [0.29, 0.717) is 5.69 Å². The molecular formula is C29H24N2O2S. The van der Waals surface area contributed by atoms with Crippen molar-refractivity contribution < 1.29 is 9.59 Å². The lowest BCUT2D eigenvalue weighted by Crippen LogP contribution is -2.19. The third-order valence-electron chi connectivity index (χ3n) is 4.96. The maximum Gasteiger partial charge on any atom is 0.248 e. The first-order chi connectivity index (χ1) is 16.7. The van der Waals surface area contributed by atoms with Gasteiger partial charge >= 0.3 is 0 Å². The van der Waals surface area contributed by atoms with E-state index >= 15 is 0 Å². The fraction of sp³-hybridized carbons (Fsp3) is 0.0345. The minimum atomic E-state index is -0.453. The number of anilines is 2. The summed E-state index contributed by atoms with van der Waals surface area (Å²) in [7, 11) is 0. The van der Waals surface area contributed by atoms with Crippen molar-refractivity contribution in [3.63, 3.8) is 0 Å². The Morgan fingerprint density at radius 3 is 2.00 bits per heavy atom. The summed E-state index contributed by atoms with van der Waals surface area (Å²) in [6.07, 6.45) is 3.28. The number of carbonyl (C=O) groups excluding carboxylic acids is 2. The van der Waals surface area contributed by atoms with Gasteiger partial charge in [0, 0.05) is 22.3 Å². The molecule has 0 bridgehead atoms. The van der Waals surface area contributed by atoms with E-state index in [1.807, 2.05) is 115 Å². The van der Waals surface area contributed by atoms with Gasteiger partial charge in [0.2, 0.25) is 11.8 Å². The molecule has 168 valence electrons. The fourth-order valence-corrected chi connectivity index (χ4v) is 4.42. The zero-order valence-corrected chi connectivity index (χ0v) is 19.2. The highest BCUT2D eigenvalue weighted by molar-refractivity contribution is 8.00. The largest absolute Gasteiger partial charge is 0.325 e. The Morgan fingerprint density at radius 1 is 0.676 bits per heavy atom. The SMILES string of the molecule is O=C(/C=C/c1ccccc1)Nc1cccc(SC(C(=O)Nc2ccccc2)c2ccccc2)c1. The summed E-state index contributed by atoms with van der Waals surface area (Å²) in [6.45, 7) is 0. The lowest BCUT2D eigenvalue weighted by molar-refractivity contribution is -0.116. The number of amides is 2. The molecular weight excluding hydrogens is 440 g/mol. The van der Waals surface area contributed by atoms with Crippen molar-refractivity contribution in [2.75, 3.05) is 10.6 Å². The summed E-state index contributed by atoms with van der Waals surface area (Å²) < 4.78 is 0. The van der Waals surface area contributed by atoms with Gasteiger partial charge in [0.25, 0.3) is 0 Å². The lowest BCUT2D eigenvalue weighted by Gasteiger charge is -2.17. The number of para-hydroxylation sites is 1. The molecule has 4 aromatic rings. The molecule has 4 nitrogen and oxygen atoms in total. The molecule has 0 saturated carbocycles. The summed E-state index contributed by atoms with van der Waals surface area (Å²) in [6, 6.07) is 36.3. The highest BCUT2D eigenvalue weighted by Crippen LogP contribution is 2.37. The molecule has 0 aliphatic heterocycles. The lowest BCUT2D eigenvalue weighted by atomic mass is 10.1. The van der Waals surface area contributed by atoms with Crippen LogP contribution in [0.15, 0.2) is 126 Å². The summed E-state index contributed by atoms with van der Waals surface area (Å²) in [5.41, 5.74) is 3.28. The van der Waals surface area contributed by atoms with Crippen molar-refractivity contribution in [3.05, 3.63) is 132 Å². The Labute approximate surface area is 203 Å². The maximum absolute atomic E-state index is 13.2. The number of benzene rings is 4. The molecule has 0 saturated heterocycles. The molecule has 4 rings (SSSR count). The van der Waals surface area contributed by atoms with Crippen LogP contribution in [-0.4, -0.2) is 11.8 Å². The average molecular weight is 465 g/mol. The number of hydrogen-bond acceptors (Lipinski definition) is 3. The number of thioether (sulfide) groups is 1. The van der Waals surface area contributed by atoms with Crippen LogP contribution >= 0.6 is 11.8 Å². The Bertz CT molecular complexity index is 1260. The van der Waals surface area contributed by atoms with E-state index in [2.05, 4.69) is 10.6 Å². The van der Waals surface area contributed by atoms with E-state index in [-0.39, 0.29) is 11.8 Å². The first-order valence-electron chi connectivity index (χ1n) is 10.9. The van der Waals surface area contributed by atoms with E-state index in [1.54, 1.807) is 6.08 Å². The van der Waals surface area contributed by atoms with Crippen LogP contribution in [0, 0.1) is 0 Å². The Hall–Kier alpha value is -4.09. The molecule has 1 unspecified atom stereocenters. The summed E-state index contributed by atoms with van der Waals surface area (Å²) in [5.74, 6) is -0.324. The molecule has 34 heavy (non-hydrogen) atoms. The zero-order chi connectivity index (χ0) is 23.6. The van der Waals surface area contributed by atoms with Crippen LogP contribution < -0.4 is 10.6 Å². The monoisotopic (exact) mass is 464 g/mol. The van der Waals surface area contributed by atoms with Gasteiger partial charge in [0.1, 0.15) is 5.25 Å².